The van der Waals surface area contributed by atoms with E-state index in [0.717, 1.165) is 29.4 Å². The van der Waals surface area contributed by atoms with Gasteiger partial charge < -0.3 is 4.52 Å². The van der Waals surface area contributed by atoms with Gasteiger partial charge in [0.25, 0.3) is 0 Å². The first-order valence-corrected chi connectivity index (χ1v) is 10.2. The summed E-state index contributed by atoms with van der Waals surface area (Å²) in [6.07, 6.45) is 3.56. The molecule has 3 aromatic rings. The lowest BCUT2D eigenvalue weighted by Gasteiger charge is -2.10. The number of nitrogens with zero attached hydrogens (tertiary/aromatic N) is 5. The van der Waals surface area contributed by atoms with Crippen molar-refractivity contribution in [2.75, 3.05) is 0 Å². The molecule has 2 aromatic heterocycles. The molecule has 0 radical (unpaired) electrons. The first-order chi connectivity index (χ1) is 13.0. The van der Waals surface area contributed by atoms with Crippen LogP contribution in [-0.4, -0.2) is 24.9 Å². The smallest absolute Gasteiger partial charge is 0.239 e. The molecule has 3 rings (SSSR count). The summed E-state index contributed by atoms with van der Waals surface area (Å²) in [4.78, 5) is 4.45. The van der Waals surface area contributed by atoms with Gasteiger partial charge in [-0.15, -0.1) is 16.8 Å². The van der Waals surface area contributed by atoms with Crippen molar-refractivity contribution in [2.24, 2.45) is 0 Å². The number of aromatic nitrogens is 5. The molecular weight excluding hydrogens is 405 g/mol. The fraction of sp³-hybridized carbons (Fsp3) is 0.333. The molecule has 0 spiro atoms. The van der Waals surface area contributed by atoms with Gasteiger partial charge in [0.05, 0.1) is 10.3 Å². The van der Waals surface area contributed by atoms with E-state index in [9.17, 15) is 0 Å². The first kappa shape index (κ1) is 19.9. The topological polar surface area (TPSA) is 69.6 Å². The normalized spacial score (nSPS) is 12.3. The van der Waals surface area contributed by atoms with E-state index in [1.165, 1.54) is 11.8 Å². The zero-order valence-corrected chi connectivity index (χ0v) is 17.4. The van der Waals surface area contributed by atoms with Gasteiger partial charge in [-0.2, -0.15) is 4.98 Å². The predicted molar refractivity (Wildman–Crippen MR) is 108 cm³/mol. The predicted octanol–water partition coefficient (Wildman–Crippen LogP) is 5.63. The second-order valence-electron chi connectivity index (χ2n) is 5.89. The molecular formula is C18H19Cl2N5OS. The maximum atomic E-state index is 6.35. The van der Waals surface area contributed by atoms with E-state index >= 15 is 0 Å². The summed E-state index contributed by atoms with van der Waals surface area (Å²) in [5.41, 5.74) is 0.762. The lowest BCUT2D eigenvalue weighted by Crippen LogP contribution is -2.02. The lowest BCUT2D eigenvalue weighted by atomic mass is 10.2. The van der Waals surface area contributed by atoms with Crippen molar-refractivity contribution in [3.8, 4) is 11.4 Å². The zero-order valence-electron chi connectivity index (χ0n) is 15.0. The highest BCUT2D eigenvalue weighted by molar-refractivity contribution is 7.99. The minimum atomic E-state index is -0.0654. The molecule has 0 amide bonds. The van der Waals surface area contributed by atoms with Crippen molar-refractivity contribution >= 4 is 35.0 Å². The number of thioether (sulfide) groups is 1. The van der Waals surface area contributed by atoms with Gasteiger partial charge in [0.15, 0.2) is 16.8 Å². The Kier molecular flexibility index (Phi) is 6.57. The largest absolute Gasteiger partial charge is 0.338 e. The van der Waals surface area contributed by atoms with Gasteiger partial charge >= 0.3 is 0 Å². The quantitative estimate of drug-likeness (QED) is 0.345. The zero-order chi connectivity index (χ0) is 19.4. The average Bonchev–Trinajstić information content (AvgIpc) is 3.24. The van der Waals surface area contributed by atoms with Crippen LogP contribution in [0.5, 0.6) is 0 Å². The van der Waals surface area contributed by atoms with Crippen molar-refractivity contribution in [3.05, 3.63) is 52.6 Å². The Morgan fingerprint density at radius 3 is 2.85 bits per heavy atom. The number of aryl methyl sites for hydroxylation is 1. The van der Waals surface area contributed by atoms with E-state index in [2.05, 4.69) is 33.8 Å². The summed E-state index contributed by atoms with van der Waals surface area (Å²) >= 11 is 13.8. The minimum absolute atomic E-state index is 0.0654. The molecule has 142 valence electrons. The number of hydrogen-bond acceptors (Lipinski definition) is 6. The Morgan fingerprint density at radius 2 is 2.15 bits per heavy atom. The third-order valence-corrected chi connectivity index (χ3v) is 5.40. The van der Waals surface area contributed by atoms with Gasteiger partial charge in [0.2, 0.25) is 5.89 Å². The first-order valence-electron chi connectivity index (χ1n) is 8.52. The molecule has 0 fully saturated rings. The van der Waals surface area contributed by atoms with Gasteiger partial charge in [-0.25, -0.2) is 0 Å². The van der Waals surface area contributed by atoms with Gasteiger partial charge in [0, 0.05) is 23.6 Å². The molecule has 0 aliphatic heterocycles. The number of benzene rings is 1. The lowest BCUT2D eigenvalue weighted by molar-refractivity contribution is 0.374. The molecule has 1 aromatic carbocycles. The highest BCUT2D eigenvalue weighted by Gasteiger charge is 2.21. The van der Waals surface area contributed by atoms with E-state index in [1.54, 1.807) is 18.2 Å². The van der Waals surface area contributed by atoms with E-state index < -0.39 is 0 Å². The van der Waals surface area contributed by atoms with Crippen LogP contribution >= 0.6 is 35.0 Å². The number of allylic oxidation sites excluding steroid dienone is 1. The Hall–Kier alpha value is -1.83. The summed E-state index contributed by atoms with van der Waals surface area (Å²) in [6.45, 7) is 8.45. The highest BCUT2D eigenvalue weighted by atomic mass is 35.5. The Bertz CT molecular complexity index is 940. The van der Waals surface area contributed by atoms with Crippen LogP contribution in [0.3, 0.4) is 0 Å². The van der Waals surface area contributed by atoms with Crippen LogP contribution in [0.25, 0.3) is 11.4 Å². The molecule has 9 heteroatoms. The maximum absolute atomic E-state index is 6.35. The molecule has 0 saturated heterocycles. The molecule has 0 saturated carbocycles. The van der Waals surface area contributed by atoms with Crippen LogP contribution in [0.2, 0.25) is 10.0 Å². The Morgan fingerprint density at radius 1 is 1.33 bits per heavy atom. The summed E-state index contributed by atoms with van der Waals surface area (Å²) < 4.78 is 7.33. The fourth-order valence-corrected chi connectivity index (χ4v) is 3.89. The number of halogens is 2. The van der Waals surface area contributed by atoms with Gasteiger partial charge in [-0.3, -0.25) is 4.57 Å². The molecule has 1 atom stereocenters. The van der Waals surface area contributed by atoms with Crippen LogP contribution in [-0.2, 0) is 13.0 Å². The number of rotatable bonds is 8. The molecule has 27 heavy (non-hydrogen) atoms. The number of hydrogen-bond donors (Lipinski definition) is 0. The van der Waals surface area contributed by atoms with Gasteiger partial charge in [-0.1, -0.05) is 53.1 Å². The standard InChI is InChI=1S/C18H19Cl2N5OS/c1-4-6-15-21-17(26-24-15)11(3)27-18-23-22-16(25(18)9-5-2)13-8-7-12(19)10-14(13)20/h5,7-8,10-11H,2,4,6,9H2,1,3H3/t11-/m0/s1. The SMILES string of the molecule is C=CCn1c(S[C@@H](C)c2nc(CCC)no2)nnc1-c1ccc(Cl)cc1Cl. The van der Waals surface area contributed by atoms with Gasteiger partial charge in [-0.05, 0) is 31.5 Å². The van der Waals surface area contributed by atoms with E-state index in [1.807, 2.05) is 17.6 Å². The molecule has 0 unspecified atom stereocenters. The molecule has 0 aliphatic rings. The van der Waals surface area contributed by atoms with Crippen LogP contribution in [0.4, 0.5) is 0 Å². The molecule has 6 nitrogen and oxygen atoms in total. The molecule has 0 aliphatic carbocycles. The highest BCUT2D eigenvalue weighted by Crippen LogP contribution is 2.36. The monoisotopic (exact) mass is 423 g/mol. The maximum Gasteiger partial charge on any atom is 0.239 e. The Labute approximate surface area is 172 Å². The molecule has 0 N–H and O–H groups in total. The van der Waals surface area contributed by atoms with Crippen molar-refractivity contribution in [1.82, 2.24) is 24.9 Å². The second-order valence-corrected chi connectivity index (χ2v) is 8.04. The Balaban J connectivity index is 1.89. The van der Waals surface area contributed by atoms with Gasteiger partial charge in [0.1, 0.15) is 0 Å². The van der Waals surface area contributed by atoms with Crippen LogP contribution < -0.4 is 0 Å². The molecule has 2 heterocycles. The second kappa shape index (κ2) is 8.91. The van der Waals surface area contributed by atoms with Crippen molar-refractivity contribution in [3.63, 3.8) is 0 Å². The van der Waals surface area contributed by atoms with Crippen LogP contribution in [0, 0.1) is 0 Å². The van der Waals surface area contributed by atoms with Crippen molar-refractivity contribution in [1.29, 1.82) is 0 Å². The summed E-state index contributed by atoms with van der Waals surface area (Å²) in [6, 6.07) is 5.30. The van der Waals surface area contributed by atoms with Crippen LogP contribution in [0.15, 0.2) is 40.5 Å². The summed E-state index contributed by atoms with van der Waals surface area (Å²) in [5.74, 6) is 1.95. The van der Waals surface area contributed by atoms with Crippen molar-refractivity contribution in [2.45, 2.75) is 43.6 Å². The fourth-order valence-electron chi connectivity index (χ4n) is 2.51. The van der Waals surface area contributed by atoms with Crippen LogP contribution in [0.1, 0.15) is 37.2 Å². The third-order valence-electron chi connectivity index (χ3n) is 3.79. The van der Waals surface area contributed by atoms with Crippen molar-refractivity contribution < 1.29 is 4.52 Å². The molecule has 0 bridgehead atoms. The summed E-state index contributed by atoms with van der Waals surface area (Å²) in [5, 5.41) is 14.4. The van der Waals surface area contributed by atoms with E-state index in [4.69, 9.17) is 27.7 Å². The van der Waals surface area contributed by atoms with E-state index in [0.29, 0.717) is 28.3 Å². The third kappa shape index (κ3) is 4.54. The summed E-state index contributed by atoms with van der Waals surface area (Å²) in [7, 11) is 0. The minimum Gasteiger partial charge on any atom is -0.338 e. The average molecular weight is 424 g/mol. The van der Waals surface area contributed by atoms with E-state index in [-0.39, 0.29) is 5.25 Å².